The Balaban J connectivity index is 2.17. The summed E-state index contributed by atoms with van der Waals surface area (Å²) in [5, 5.41) is 2.44. The molecular formula is C13H13NO2. The zero-order chi connectivity index (χ0) is 11.2. The van der Waals surface area contributed by atoms with Crippen molar-refractivity contribution in [3.05, 3.63) is 35.4 Å². The van der Waals surface area contributed by atoms with Crippen LogP contribution in [0.15, 0.2) is 24.3 Å². The summed E-state index contributed by atoms with van der Waals surface area (Å²) in [6.45, 7) is 0. The van der Waals surface area contributed by atoms with Gasteiger partial charge >= 0.3 is 0 Å². The van der Waals surface area contributed by atoms with Crippen LogP contribution in [-0.4, -0.2) is 11.8 Å². The molecule has 1 aromatic rings. The van der Waals surface area contributed by atoms with Crippen molar-refractivity contribution in [1.29, 1.82) is 0 Å². The Bertz CT molecular complexity index is 481. The highest BCUT2D eigenvalue weighted by Gasteiger charge is 2.49. The number of benzene rings is 1. The van der Waals surface area contributed by atoms with E-state index in [0.29, 0.717) is 6.42 Å². The van der Waals surface area contributed by atoms with Crippen molar-refractivity contribution in [2.45, 2.75) is 31.1 Å². The Kier molecular flexibility index (Phi) is 1.90. The van der Waals surface area contributed by atoms with E-state index in [4.69, 9.17) is 0 Å². The molecule has 1 saturated heterocycles. The monoisotopic (exact) mass is 215 g/mol. The molecule has 1 aromatic carbocycles. The van der Waals surface area contributed by atoms with Crippen molar-refractivity contribution in [2.24, 2.45) is 0 Å². The van der Waals surface area contributed by atoms with Crippen molar-refractivity contribution in [1.82, 2.24) is 5.32 Å². The van der Waals surface area contributed by atoms with Gasteiger partial charge < -0.3 is 0 Å². The van der Waals surface area contributed by atoms with Gasteiger partial charge in [0.25, 0.3) is 0 Å². The number of carbonyl (C=O) groups excluding carboxylic acids is 2. The molecule has 82 valence electrons. The van der Waals surface area contributed by atoms with Crippen LogP contribution in [0.5, 0.6) is 0 Å². The molecule has 3 nitrogen and oxygen atoms in total. The second kappa shape index (κ2) is 3.17. The number of amides is 2. The van der Waals surface area contributed by atoms with Gasteiger partial charge in [-0.2, -0.15) is 0 Å². The molecule has 3 rings (SSSR count). The second-order valence-corrected chi connectivity index (χ2v) is 4.65. The van der Waals surface area contributed by atoms with E-state index in [0.717, 1.165) is 24.8 Å². The molecule has 1 heterocycles. The van der Waals surface area contributed by atoms with E-state index in [9.17, 15) is 9.59 Å². The van der Waals surface area contributed by atoms with Crippen LogP contribution in [0.25, 0.3) is 0 Å². The summed E-state index contributed by atoms with van der Waals surface area (Å²) in [6, 6.07) is 7.99. The molecule has 0 saturated carbocycles. The molecule has 0 unspecified atom stereocenters. The first-order chi connectivity index (χ1) is 7.72. The summed E-state index contributed by atoms with van der Waals surface area (Å²) in [4.78, 5) is 23.4. The minimum atomic E-state index is -0.564. The van der Waals surface area contributed by atoms with Crippen LogP contribution in [0.4, 0.5) is 0 Å². The zero-order valence-corrected chi connectivity index (χ0v) is 8.95. The lowest BCUT2D eigenvalue weighted by Gasteiger charge is -2.32. The first kappa shape index (κ1) is 9.58. The van der Waals surface area contributed by atoms with Crippen LogP contribution in [0.2, 0.25) is 0 Å². The summed E-state index contributed by atoms with van der Waals surface area (Å²) < 4.78 is 0. The molecule has 1 atom stereocenters. The van der Waals surface area contributed by atoms with Crippen molar-refractivity contribution in [2.75, 3.05) is 0 Å². The molecule has 1 aliphatic carbocycles. The van der Waals surface area contributed by atoms with Gasteiger partial charge in [0.2, 0.25) is 11.8 Å². The third kappa shape index (κ3) is 1.14. The smallest absolute Gasteiger partial charge is 0.237 e. The van der Waals surface area contributed by atoms with Crippen molar-refractivity contribution >= 4 is 11.8 Å². The predicted molar refractivity (Wildman–Crippen MR) is 58.8 cm³/mol. The minimum absolute atomic E-state index is 0.107. The van der Waals surface area contributed by atoms with Gasteiger partial charge in [-0.3, -0.25) is 14.9 Å². The van der Waals surface area contributed by atoms with Crippen LogP contribution in [-0.2, 0) is 21.4 Å². The molecule has 0 aromatic heterocycles. The van der Waals surface area contributed by atoms with Crippen LogP contribution < -0.4 is 5.32 Å². The van der Waals surface area contributed by atoms with E-state index in [2.05, 4.69) is 11.4 Å². The number of hydrogen-bond acceptors (Lipinski definition) is 2. The maximum Gasteiger partial charge on any atom is 0.237 e. The summed E-state index contributed by atoms with van der Waals surface area (Å²) in [7, 11) is 0. The van der Waals surface area contributed by atoms with E-state index in [1.165, 1.54) is 5.56 Å². The normalized spacial score (nSPS) is 28.0. The van der Waals surface area contributed by atoms with Crippen molar-refractivity contribution in [3.63, 3.8) is 0 Å². The van der Waals surface area contributed by atoms with Crippen molar-refractivity contribution < 1.29 is 9.59 Å². The van der Waals surface area contributed by atoms with Gasteiger partial charge in [0.05, 0.1) is 5.41 Å². The van der Waals surface area contributed by atoms with E-state index in [1.54, 1.807) is 0 Å². The molecular weight excluding hydrogens is 202 g/mol. The van der Waals surface area contributed by atoms with Crippen LogP contribution in [0.3, 0.4) is 0 Å². The summed E-state index contributed by atoms with van der Waals surface area (Å²) >= 11 is 0. The van der Waals surface area contributed by atoms with E-state index in [1.807, 2.05) is 18.2 Å². The molecule has 1 fully saturated rings. The maximum absolute atomic E-state index is 12.0. The Hall–Kier alpha value is -1.64. The van der Waals surface area contributed by atoms with Gasteiger partial charge in [0.15, 0.2) is 0 Å². The van der Waals surface area contributed by atoms with E-state index in [-0.39, 0.29) is 11.8 Å². The minimum Gasteiger partial charge on any atom is -0.296 e. The fraction of sp³-hybridized carbons (Fsp3) is 0.385. The standard InChI is InChI=1S/C13H13NO2/c15-11-8-13(12(16)14-11)7-3-5-9-4-1-2-6-10(9)13/h1-2,4,6H,3,5,7-8H2,(H,14,15,16)/t13-/m1/s1. The third-order valence-electron chi connectivity index (χ3n) is 3.73. The Morgan fingerprint density at radius 2 is 2.00 bits per heavy atom. The highest BCUT2D eigenvalue weighted by Crippen LogP contribution is 2.42. The molecule has 1 aliphatic heterocycles. The number of fused-ring (bicyclic) bond motifs is 2. The van der Waals surface area contributed by atoms with Crippen LogP contribution in [0, 0.1) is 0 Å². The average molecular weight is 215 g/mol. The van der Waals surface area contributed by atoms with Gasteiger partial charge in [-0.15, -0.1) is 0 Å². The number of rotatable bonds is 0. The quantitative estimate of drug-likeness (QED) is 0.663. The van der Waals surface area contributed by atoms with Gasteiger partial charge in [-0.1, -0.05) is 24.3 Å². The van der Waals surface area contributed by atoms with Gasteiger partial charge in [0, 0.05) is 6.42 Å². The lowest BCUT2D eigenvalue weighted by molar-refractivity contribution is -0.126. The predicted octanol–water partition coefficient (Wildman–Crippen LogP) is 1.31. The maximum atomic E-state index is 12.0. The summed E-state index contributed by atoms with van der Waals surface area (Å²) in [5.41, 5.74) is 1.72. The number of aryl methyl sites for hydroxylation is 1. The SMILES string of the molecule is O=C1C[C@@]2(CCCc3ccccc32)C(=O)N1. The van der Waals surface area contributed by atoms with Crippen LogP contribution in [0.1, 0.15) is 30.4 Å². The largest absolute Gasteiger partial charge is 0.296 e. The fourth-order valence-electron chi connectivity index (χ4n) is 2.98. The number of carbonyl (C=O) groups is 2. The first-order valence-electron chi connectivity index (χ1n) is 5.65. The first-order valence-corrected chi connectivity index (χ1v) is 5.65. The molecule has 0 bridgehead atoms. The number of imide groups is 1. The lowest BCUT2D eigenvalue weighted by atomic mass is 9.69. The van der Waals surface area contributed by atoms with Crippen LogP contribution >= 0.6 is 0 Å². The molecule has 16 heavy (non-hydrogen) atoms. The Morgan fingerprint density at radius 1 is 1.19 bits per heavy atom. The molecule has 1 N–H and O–H groups in total. The highest BCUT2D eigenvalue weighted by molar-refractivity contribution is 6.09. The lowest BCUT2D eigenvalue weighted by Crippen LogP contribution is -2.38. The second-order valence-electron chi connectivity index (χ2n) is 4.65. The molecule has 3 heteroatoms. The van der Waals surface area contributed by atoms with Gasteiger partial charge in [-0.05, 0) is 30.4 Å². The number of nitrogens with one attached hydrogen (secondary N) is 1. The van der Waals surface area contributed by atoms with E-state index < -0.39 is 5.41 Å². The number of hydrogen-bond donors (Lipinski definition) is 1. The molecule has 0 radical (unpaired) electrons. The van der Waals surface area contributed by atoms with Gasteiger partial charge in [-0.25, -0.2) is 0 Å². The third-order valence-corrected chi connectivity index (χ3v) is 3.73. The van der Waals surface area contributed by atoms with Gasteiger partial charge in [0.1, 0.15) is 0 Å². The zero-order valence-electron chi connectivity index (χ0n) is 8.95. The average Bonchev–Trinajstić information content (AvgIpc) is 2.55. The summed E-state index contributed by atoms with van der Waals surface area (Å²) in [5.74, 6) is -0.244. The van der Waals surface area contributed by atoms with E-state index >= 15 is 0 Å². The fourth-order valence-corrected chi connectivity index (χ4v) is 2.98. The van der Waals surface area contributed by atoms with Crippen molar-refractivity contribution in [3.8, 4) is 0 Å². The molecule has 2 aliphatic rings. The molecule has 2 amide bonds. The highest BCUT2D eigenvalue weighted by atomic mass is 16.2. The topological polar surface area (TPSA) is 46.2 Å². The Labute approximate surface area is 93.8 Å². The molecule has 1 spiro atoms. The summed E-state index contributed by atoms with van der Waals surface area (Å²) in [6.07, 6.45) is 3.11. The Morgan fingerprint density at radius 3 is 2.75 bits per heavy atom.